The largest absolute Gasteiger partial charge is 0.490 e. The summed E-state index contributed by atoms with van der Waals surface area (Å²) < 4.78 is 39.0. The molecule has 3 aromatic rings. The Bertz CT molecular complexity index is 1180. The Hall–Kier alpha value is -2.95. The van der Waals surface area contributed by atoms with Crippen LogP contribution in [0.25, 0.3) is 11.3 Å². The average molecular weight is 460 g/mol. The van der Waals surface area contributed by atoms with E-state index in [2.05, 4.69) is 15.0 Å². The highest BCUT2D eigenvalue weighted by Crippen LogP contribution is 2.32. The van der Waals surface area contributed by atoms with Crippen molar-refractivity contribution in [2.24, 2.45) is 0 Å². The van der Waals surface area contributed by atoms with E-state index < -0.39 is 22.0 Å². The van der Waals surface area contributed by atoms with E-state index in [1.54, 1.807) is 6.07 Å². The first-order chi connectivity index (χ1) is 14.9. The predicted molar refractivity (Wildman–Crippen MR) is 118 cm³/mol. The molecule has 1 aliphatic heterocycles. The van der Waals surface area contributed by atoms with Crippen LogP contribution in [0.3, 0.4) is 0 Å². The number of hydrogen-bond acceptors (Lipinski definition) is 7. The van der Waals surface area contributed by atoms with Gasteiger partial charge in [0, 0.05) is 23.4 Å². The summed E-state index contributed by atoms with van der Waals surface area (Å²) in [5, 5.41) is 4.89. The monoisotopic (exact) mass is 459 g/mol. The van der Waals surface area contributed by atoms with Gasteiger partial charge in [0.2, 0.25) is 15.9 Å². The summed E-state index contributed by atoms with van der Waals surface area (Å²) >= 11 is 1.27. The van der Waals surface area contributed by atoms with Crippen LogP contribution in [0.4, 0.5) is 5.13 Å². The molecule has 0 saturated carbocycles. The van der Waals surface area contributed by atoms with Crippen molar-refractivity contribution in [2.75, 3.05) is 18.5 Å². The number of thiazole rings is 1. The number of carbonyl (C=O) groups excluding carboxylic acids is 1. The lowest BCUT2D eigenvalue weighted by Gasteiger charge is -2.15. The molecule has 0 unspecified atom stereocenters. The quantitative estimate of drug-likeness (QED) is 0.586. The van der Waals surface area contributed by atoms with Gasteiger partial charge in [0.15, 0.2) is 16.6 Å². The molecule has 0 aliphatic carbocycles. The molecular weight excluding hydrogens is 438 g/mol. The number of nitrogens with one attached hydrogen (secondary N) is 2. The number of hydrogen-bond donors (Lipinski definition) is 2. The zero-order valence-corrected chi connectivity index (χ0v) is 18.3. The van der Waals surface area contributed by atoms with Gasteiger partial charge in [-0.25, -0.2) is 13.4 Å². The van der Waals surface area contributed by atoms with Gasteiger partial charge in [0.1, 0.15) is 0 Å². The number of sulfonamides is 1. The third-order valence-corrected chi connectivity index (χ3v) is 6.85. The average Bonchev–Trinajstić information content (AvgIpc) is 3.09. The van der Waals surface area contributed by atoms with Crippen molar-refractivity contribution in [1.29, 1.82) is 0 Å². The Labute approximate surface area is 184 Å². The predicted octanol–water partition coefficient (Wildman–Crippen LogP) is 3.28. The topological polar surface area (TPSA) is 107 Å². The van der Waals surface area contributed by atoms with Gasteiger partial charge in [-0.1, -0.05) is 30.3 Å². The molecule has 31 heavy (non-hydrogen) atoms. The van der Waals surface area contributed by atoms with E-state index in [0.29, 0.717) is 29.8 Å². The minimum absolute atomic E-state index is 0.00277. The molecule has 0 saturated heterocycles. The zero-order valence-electron chi connectivity index (χ0n) is 16.7. The van der Waals surface area contributed by atoms with Crippen molar-refractivity contribution in [2.45, 2.75) is 24.3 Å². The van der Waals surface area contributed by atoms with Gasteiger partial charge in [-0.05, 0) is 19.1 Å². The molecule has 10 heteroatoms. The fraction of sp³-hybridized carbons (Fsp3) is 0.238. The van der Waals surface area contributed by atoms with Crippen molar-refractivity contribution in [1.82, 2.24) is 9.71 Å². The van der Waals surface area contributed by atoms with Crippen LogP contribution in [0.5, 0.6) is 11.5 Å². The van der Waals surface area contributed by atoms with Crippen LogP contribution in [-0.4, -0.2) is 38.6 Å². The van der Waals surface area contributed by atoms with Gasteiger partial charge in [-0.2, -0.15) is 4.72 Å². The summed E-state index contributed by atoms with van der Waals surface area (Å²) in [7, 11) is -3.94. The number of rotatable bonds is 6. The Morgan fingerprint density at radius 2 is 1.84 bits per heavy atom. The van der Waals surface area contributed by atoms with Gasteiger partial charge in [-0.3, -0.25) is 4.79 Å². The van der Waals surface area contributed by atoms with Crippen LogP contribution in [0.15, 0.2) is 58.8 Å². The Kier molecular flexibility index (Phi) is 6.21. The van der Waals surface area contributed by atoms with Crippen LogP contribution in [-0.2, 0) is 14.8 Å². The molecule has 0 bridgehead atoms. The third-order valence-electron chi connectivity index (χ3n) is 4.56. The van der Waals surface area contributed by atoms with Crippen molar-refractivity contribution in [3.63, 3.8) is 0 Å². The maximum absolute atomic E-state index is 12.8. The molecular formula is C21H21N3O5S2. The number of carbonyl (C=O) groups is 1. The van der Waals surface area contributed by atoms with E-state index in [4.69, 9.17) is 9.47 Å². The summed E-state index contributed by atoms with van der Waals surface area (Å²) in [6, 6.07) is 12.9. The molecule has 2 heterocycles. The number of amides is 1. The lowest BCUT2D eigenvalue weighted by molar-refractivity contribution is -0.117. The molecule has 1 atom stereocenters. The molecule has 2 aromatic carbocycles. The molecule has 1 aromatic heterocycles. The summed E-state index contributed by atoms with van der Waals surface area (Å²) in [5.41, 5.74) is 1.67. The SMILES string of the molecule is C[C@@H](NS(=O)(=O)c1ccc2c(c1)OCCCO2)C(=O)Nc1nc(-c2ccccc2)cs1. The van der Waals surface area contributed by atoms with Crippen LogP contribution < -0.4 is 19.5 Å². The highest BCUT2D eigenvalue weighted by molar-refractivity contribution is 7.89. The third kappa shape index (κ3) is 5.04. The highest BCUT2D eigenvalue weighted by atomic mass is 32.2. The molecule has 8 nitrogen and oxygen atoms in total. The minimum atomic E-state index is -3.94. The molecule has 1 aliphatic rings. The first kappa shape index (κ1) is 21.3. The zero-order chi connectivity index (χ0) is 21.8. The van der Waals surface area contributed by atoms with Crippen LogP contribution in [0, 0.1) is 0 Å². The maximum Gasteiger partial charge on any atom is 0.244 e. The Morgan fingerprint density at radius 1 is 1.10 bits per heavy atom. The highest BCUT2D eigenvalue weighted by Gasteiger charge is 2.24. The summed E-state index contributed by atoms with van der Waals surface area (Å²) in [4.78, 5) is 16.9. The van der Waals surface area contributed by atoms with Gasteiger partial charge >= 0.3 is 0 Å². The second-order valence-electron chi connectivity index (χ2n) is 6.90. The van der Waals surface area contributed by atoms with Gasteiger partial charge in [0.25, 0.3) is 0 Å². The molecule has 0 spiro atoms. The van der Waals surface area contributed by atoms with Crippen LogP contribution in [0.2, 0.25) is 0 Å². The second-order valence-corrected chi connectivity index (χ2v) is 9.47. The Balaban J connectivity index is 1.42. The summed E-state index contributed by atoms with van der Waals surface area (Å²) in [6.07, 6.45) is 0.717. The number of benzene rings is 2. The number of ether oxygens (including phenoxy) is 2. The van der Waals surface area contributed by atoms with E-state index in [0.717, 1.165) is 17.7 Å². The molecule has 2 N–H and O–H groups in total. The standard InChI is InChI=1S/C21H21N3O5S2/c1-14(20(25)23-21-22-17(13-30-21)15-6-3-2-4-7-15)24-31(26,27)16-8-9-18-19(12-16)29-11-5-10-28-18/h2-4,6-9,12-14,24H,5,10-11H2,1H3,(H,22,23,25)/t14-/m1/s1. The molecule has 0 fully saturated rings. The van der Waals surface area contributed by atoms with Gasteiger partial charge < -0.3 is 14.8 Å². The maximum atomic E-state index is 12.8. The minimum Gasteiger partial charge on any atom is -0.490 e. The first-order valence-corrected chi connectivity index (χ1v) is 12.0. The van der Waals surface area contributed by atoms with E-state index in [1.807, 2.05) is 35.7 Å². The smallest absolute Gasteiger partial charge is 0.244 e. The van der Waals surface area contributed by atoms with E-state index >= 15 is 0 Å². The second kappa shape index (κ2) is 9.04. The molecule has 162 valence electrons. The van der Waals surface area contributed by atoms with Crippen LogP contribution in [0.1, 0.15) is 13.3 Å². The summed E-state index contributed by atoms with van der Waals surface area (Å²) in [6.45, 7) is 2.43. The molecule has 0 radical (unpaired) electrons. The van der Waals surface area contributed by atoms with Crippen LogP contribution >= 0.6 is 11.3 Å². The van der Waals surface area contributed by atoms with Crippen molar-refractivity contribution in [3.8, 4) is 22.8 Å². The number of nitrogens with zero attached hydrogens (tertiary/aromatic N) is 1. The fourth-order valence-electron chi connectivity index (χ4n) is 2.95. The lowest BCUT2D eigenvalue weighted by Crippen LogP contribution is -2.41. The number of anilines is 1. The Morgan fingerprint density at radius 3 is 2.61 bits per heavy atom. The molecule has 4 rings (SSSR count). The normalized spacial score (nSPS) is 14.5. The van der Waals surface area contributed by atoms with Gasteiger partial charge in [0.05, 0.1) is 29.8 Å². The number of aromatic nitrogens is 1. The van der Waals surface area contributed by atoms with E-state index in [1.165, 1.54) is 30.4 Å². The van der Waals surface area contributed by atoms with Crippen molar-refractivity contribution >= 4 is 32.4 Å². The fourth-order valence-corrected chi connectivity index (χ4v) is 4.89. The number of fused-ring (bicyclic) bond motifs is 1. The summed E-state index contributed by atoms with van der Waals surface area (Å²) in [5.74, 6) is 0.362. The van der Waals surface area contributed by atoms with Crippen molar-refractivity contribution in [3.05, 3.63) is 53.9 Å². The van der Waals surface area contributed by atoms with E-state index in [9.17, 15) is 13.2 Å². The first-order valence-electron chi connectivity index (χ1n) is 9.66. The van der Waals surface area contributed by atoms with Crippen molar-refractivity contribution < 1.29 is 22.7 Å². The lowest BCUT2D eigenvalue weighted by atomic mass is 10.2. The van der Waals surface area contributed by atoms with E-state index in [-0.39, 0.29) is 4.90 Å². The van der Waals surface area contributed by atoms with Gasteiger partial charge in [-0.15, -0.1) is 11.3 Å². The molecule has 1 amide bonds.